The zero-order valence-corrected chi connectivity index (χ0v) is 9.20. The summed E-state index contributed by atoms with van der Waals surface area (Å²) in [6, 6.07) is 9.37. The smallest absolute Gasteiger partial charge is 0.0594 e. The van der Waals surface area contributed by atoms with Crippen molar-refractivity contribution in [2.24, 2.45) is 0 Å². The summed E-state index contributed by atoms with van der Waals surface area (Å²) in [5.41, 5.74) is 2.50. The van der Waals surface area contributed by atoms with Gasteiger partial charge in [0.2, 0.25) is 0 Å². The lowest BCUT2D eigenvalue weighted by atomic mass is 10.1. The second kappa shape index (κ2) is 4.28. The van der Waals surface area contributed by atoms with Gasteiger partial charge in [0, 0.05) is 36.7 Å². The summed E-state index contributed by atoms with van der Waals surface area (Å²) in [5, 5.41) is 1.22. The molecule has 3 nitrogen and oxygen atoms in total. The molecule has 1 saturated heterocycles. The van der Waals surface area contributed by atoms with Crippen LogP contribution in [0.3, 0.4) is 0 Å². The van der Waals surface area contributed by atoms with Crippen molar-refractivity contribution in [3.8, 4) is 0 Å². The third-order valence-electron chi connectivity index (χ3n) is 3.08. The number of hydrogen-bond donors (Lipinski definition) is 1. The van der Waals surface area contributed by atoms with Crippen LogP contribution in [-0.4, -0.2) is 36.2 Å². The Hall–Kier alpha value is -1.32. The van der Waals surface area contributed by atoms with E-state index in [1.165, 1.54) is 16.5 Å². The van der Waals surface area contributed by atoms with Gasteiger partial charge in [0.1, 0.15) is 0 Å². The van der Waals surface area contributed by atoms with E-state index < -0.39 is 0 Å². The van der Waals surface area contributed by atoms with Gasteiger partial charge in [-0.15, -0.1) is 0 Å². The first-order valence-corrected chi connectivity index (χ1v) is 5.70. The van der Waals surface area contributed by atoms with Crippen LogP contribution in [-0.2, 0) is 11.3 Å². The minimum atomic E-state index is 0.853. The molecule has 0 spiro atoms. The van der Waals surface area contributed by atoms with E-state index in [0.717, 1.165) is 32.8 Å². The second-order valence-corrected chi connectivity index (χ2v) is 4.16. The predicted molar refractivity (Wildman–Crippen MR) is 63.2 cm³/mol. The molecule has 1 N–H and O–H groups in total. The average Bonchev–Trinajstić information content (AvgIpc) is 2.74. The van der Waals surface area contributed by atoms with Crippen LogP contribution in [0.5, 0.6) is 0 Å². The molecule has 0 unspecified atom stereocenters. The van der Waals surface area contributed by atoms with Crippen molar-refractivity contribution in [3.05, 3.63) is 36.0 Å². The number of benzene rings is 1. The molecule has 0 amide bonds. The third-order valence-corrected chi connectivity index (χ3v) is 3.08. The molecular formula is C13H15N2O. The molecule has 1 aliphatic rings. The molecule has 1 aromatic heterocycles. The lowest BCUT2D eigenvalue weighted by Crippen LogP contribution is -2.35. The SMILES string of the molecule is [c]1cccc2[nH]cc(CN3CCOCC3)c12. The van der Waals surface area contributed by atoms with E-state index in [1.807, 2.05) is 12.1 Å². The number of aromatic nitrogens is 1. The molecule has 0 bridgehead atoms. The fourth-order valence-electron chi connectivity index (χ4n) is 2.18. The van der Waals surface area contributed by atoms with Crippen molar-refractivity contribution in [2.75, 3.05) is 26.3 Å². The lowest BCUT2D eigenvalue weighted by molar-refractivity contribution is 0.0343. The summed E-state index contributed by atoms with van der Waals surface area (Å²) in [7, 11) is 0. The largest absolute Gasteiger partial charge is 0.379 e. The minimum Gasteiger partial charge on any atom is -0.379 e. The number of hydrogen-bond acceptors (Lipinski definition) is 2. The molecule has 0 saturated carbocycles. The van der Waals surface area contributed by atoms with Gasteiger partial charge in [0.15, 0.2) is 0 Å². The Morgan fingerprint density at radius 1 is 1.38 bits per heavy atom. The van der Waals surface area contributed by atoms with Crippen LogP contribution in [0.4, 0.5) is 0 Å². The number of nitrogens with one attached hydrogen (secondary N) is 1. The van der Waals surface area contributed by atoms with E-state index in [-0.39, 0.29) is 0 Å². The Labute approximate surface area is 95.0 Å². The van der Waals surface area contributed by atoms with Crippen LogP contribution >= 0.6 is 0 Å². The van der Waals surface area contributed by atoms with Crippen LogP contribution in [0.25, 0.3) is 10.9 Å². The predicted octanol–water partition coefficient (Wildman–Crippen LogP) is 1.80. The number of rotatable bonds is 2. The summed E-state index contributed by atoms with van der Waals surface area (Å²) < 4.78 is 5.35. The number of aromatic amines is 1. The van der Waals surface area contributed by atoms with Gasteiger partial charge in [-0.1, -0.05) is 12.1 Å². The molecule has 0 aliphatic carbocycles. The molecule has 1 fully saturated rings. The Morgan fingerprint density at radius 2 is 2.25 bits per heavy atom. The van der Waals surface area contributed by atoms with Crippen LogP contribution in [0.1, 0.15) is 5.56 Å². The van der Waals surface area contributed by atoms with E-state index in [2.05, 4.69) is 28.2 Å². The second-order valence-electron chi connectivity index (χ2n) is 4.16. The van der Waals surface area contributed by atoms with Crippen LogP contribution in [0.2, 0.25) is 0 Å². The fraction of sp³-hybridized carbons (Fsp3) is 0.385. The monoisotopic (exact) mass is 215 g/mol. The maximum Gasteiger partial charge on any atom is 0.0594 e. The minimum absolute atomic E-state index is 0.853. The van der Waals surface area contributed by atoms with Crippen LogP contribution in [0, 0.1) is 6.07 Å². The molecular weight excluding hydrogens is 200 g/mol. The molecule has 2 heterocycles. The molecule has 3 heteroatoms. The maximum atomic E-state index is 5.35. The zero-order chi connectivity index (χ0) is 10.8. The summed E-state index contributed by atoms with van der Waals surface area (Å²) in [5.74, 6) is 0. The Balaban J connectivity index is 1.83. The van der Waals surface area contributed by atoms with E-state index in [0.29, 0.717) is 0 Å². The average molecular weight is 215 g/mol. The van der Waals surface area contributed by atoms with Crippen molar-refractivity contribution in [2.45, 2.75) is 6.54 Å². The quantitative estimate of drug-likeness (QED) is 0.827. The summed E-state index contributed by atoms with van der Waals surface area (Å²) in [6.07, 6.45) is 2.09. The van der Waals surface area contributed by atoms with E-state index >= 15 is 0 Å². The van der Waals surface area contributed by atoms with E-state index in [9.17, 15) is 0 Å². The van der Waals surface area contributed by atoms with E-state index in [4.69, 9.17) is 4.74 Å². The van der Waals surface area contributed by atoms with Crippen molar-refractivity contribution in [1.29, 1.82) is 0 Å². The van der Waals surface area contributed by atoms with Gasteiger partial charge in [-0.05, 0) is 17.7 Å². The number of morpholine rings is 1. The number of fused-ring (bicyclic) bond motifs is 1. The van der Waals surface area contributed by atoms with Gasteiger partial charge in [-0.3, -0.25) is 4.90 Å². The highest BCUT2D eigenvalue weighted by Crippen LogP contribution is 2.19. The van der Waals surface area contributed by atoms with Gasteiger partial charge >= 0.3 is 0 Å². The lowest BCUT2D eigenvalue weighted by Gasteiger charge is -2.26. The van der Waals surface area contributed by atoms with Crippen LogP contribution in [0.15, 0.2) is 24.4 Å². The fourth-order valence-corrected chi connectivity index (χ4v) is 2.18. The van der Waals surface area contributed by atoms with Crippen molar-refractivity contribution < 1.29 is 4.74 Å². The molecule has 1 radical (unpaired) electrons. The first kappa shape index (κ1) is 9.87. The van der Waals surface area contributed by atoms with Crippen molar-refractivity contribution in [3.63, 3.8) is 0 Å². The molecule has 16 heavy (non-hydrogen) atoms. The van der Waals surface area contributed by atoms with Gasteiger partial charge in [0.25, 0.3) is 0 Å². The zero-order valence-electron chi connectivity index (χ0n) is 9.20. The highest BCUT2D eigenvalue weighted by Gasteiger charge is 2.12. The topological polar surface area (TPSA) is 28.3 Å². The highest BCUT2D eigenvalue weighted by atomic mass is 16.5. The Bertz CT molecular complexity index is 471. The van der Waals surface area contributed by atoms with Gasteiger partial charge in [-0.2, -0.15) is 0 Å². The van der Waals surface area contributed by atoms with Crippen LogP contribution < -0.4 is 0 Å². The summed E-state index contributed by atoms with van der Waals surface area (Å²) in [4.78, 5) is 5.71. The molecule has 0 atom stereocenters. The molecule has 83 valence electrons. The standard InChI is InChI=1S/C13H15N2O/c1-2-4-13-12(3-1)11(9-14-13)10-15-5-7-16-8-6-15/h1-2,4,9,14H,5-8,10H2. The Kier molecular flexibility index (Phi) is 2.64. The van der Waals surface area contributed by atoms with E-state index in [1.54, 1.807) is 0 Å². The first-order valence-electron chi connectivity index (χ1n) is 5.70. The molecule has 1 aliphatic heterocycles. The summed E-state index contributed by atoms with van der Waals surface area (Å²) >= 11 is 0. The van der Waals surface area contributed by atoms with Crippen molar-refractivity contribution in [1.82, 2.24) is 9.88 Å². The number of ether oxygens (including phenoxy) is 1. The van der Waals surface area contributed by atoms with Gasteiger partial charge in [0.05, 0.1) is 13.2 Å². The molecule has 1 aromatic carbocycles. The number of nitrogens with zero attached hydrogens (tertiary/aromatic N) is 1. The Morgan fingerprint density at radius 3 is 3.12 bits per heavy atom. The summed E-state index contributed by atoms with van der Waals surface area (Å²) in [6.45, 7) is 4.75. The molecule has 3 rings (SSSR count). The number of H-pyrrole nitrogens is 1. The first-order chi connectivity index (χ1) is 7.93. The highest BCUT2D eigenvalue weighted by molar-refractivity contribution is 5.82. The van der Waals surface area contributed by atoms with Gasteiger partial charge in [-0.25, -0.2) is 0 Å². The van der Waals surface area contributed by atoms with Crippen molar-refractivity contribution >= 4 is 10.9 Å². The maximum absolute atomic E-state index is 5.35. The molecule has 2 aromatic rings. The normalized spacial score (nSPS) is 18.0. The van der Waals surface area contributed by atoms with Gasteiger partial charge < -0.3 is 9.72 Å². The third kappa shape index (κ3) is 1.84.